The molecule has 0 atom stereocenters. The van der Waals surface area contributed by atoms with E-state index >= 15 is 0 Å². The average molecular weight is 354 g/mol. The lowest BCUT2D eigenvalue weighted by Crippen LogP contribution is -2.46. The first kappa shape index (κ1) is 17.0. The van der Waals surface area contributed by atoms with E-state index in [9.17, 15) is 0 Å². The molecule has 8 nitrogen and oxygen atoms in total. The maximum absolute atomic E-state index is 5.55. The monoisotopic (exact) mass is 354 g/mol. The van der Waals surface area contributed by atoms with Crippen LogP contribution in [0.1, 0.15) is 24.8 Å². The van der Waals surface area contributed by atoms with Gasteiger partial charge < -0.3 is 15.5 Å². The largest absolute Gasteiger partial charge is 0.368 e. The molecule has 0 aromatic carbocycles. The zero-order valence-corrected chi connectivity index (χ0v) is 15.1. The summed E-state index contributed by atoms with van der Waals surface area (Å²) in [5, 5.41) is 0. The second kappa shape index (κ2) is 7.82. The van der Waals surface area contributed by atoms with E-state index in [0.717, 1.165) is 63.0 Å². The highest BCUT2D eigenvalue weighted by Crippen LogP contribution is 2.22. The van der Waals surface area contributed by atoms with Gasteiger partial charge in [-0.2, -0.15) is 0 Å². The number of piperidine rings is 1. The summed E-state index contributed by atoms with van der Waals surface area (Å²) in [6.07, 6.45) is 9.17. The molecule has 2 saturated heterocycles. The van der Waals surface area contributed by atoms with Gasteiger partial charge in [-0.3, -0.25) is 4.90 Å². The summed E-state index contributed by atoms with van der Waals surface area (Å²) in [6.45, 7) is 6.98. The molecule has 0 spiro atoms. The predicted octanol–water partition coefficient (Wildman–Crippen LogP) is 1.16. The summed E-state index contributed by atoms with van der Waals surface area (Å²) < 4.78 is 0. The molecule has 0 aliphatic carbocycles. The van der Waals surface area contributed by atoms with Crippen LogP contribution in [-0.4, -0.2) is 64.1 Å². The first-order valence-corrected chi connectivity index (χ1v) is 9.38. The summed E-state index contributed by atoms with van der Waals surface area (Å²) in [7, 11) is 0. The van der Waals surface area contributed by atoms with Crippen molar-refractivity contribution in [1.82, 2.24) is 24.8 Å². The Morgan fingerprint density at radius 2 is 1.38 bits per heavy atom. The van der Waals surface area contributed by atoms with E-state index in [4.69, 9.17) is 5.73 Å². The highest BCUT2D eigenvalue weighted by molar-refractivity contribution is 5.50. The number of nitrogen functional groups attached to an aromatic ring is 1. The number of hydrogen-bond donors (Lipinski definition) is 1. The molecule has 0 saturated carbocycles. The number of piperazine rings is 1. The molecule has 8 heteroatoms. The molecule has 26 heavy (non-hydrogen) atoms. The second-order valence-electron chi connectivity index (χ2n) is 6.99. The number of aromatic nitrogens is 4. The molecule has 2 aliphatic rings. The van der Waals surface area contributed by atoms with Crippen molar-refractivity contribution in [2.75, 3.05) is 54.8 Å². The van der Waals surface area contributed by atoms with Gasteiger partial charge in [0.25, 0.3) is 0 Å². The smallest absolute Gasteiger partial charge is 0.219 e. The van der Waals surface area contributed by atoms with Gasteiger partial charge in [0, 0.05) is 69.8 Å². The van der Waals surface area contributed by atoms with E-state index in [0.29, 0.717) is 5.95 Å². The van der Waals surface area contributed by atoms with Gasteiger partial charge in [0.1, 0.15) is 18.0 Å². The molecule has 2 N–H and O–H groups in total. The van der Waals surface area contributed by atoms with Crippen LogP contribution in [0.15, 0.2) is 24.8 Å². The summed E-state index contributed by atoms with van der Waals surface area (Å²) in [6, 6.07) is 2.15. The van der Waals surface area contributed by atoms with Crippen molar-refractivity contribution in [3.63, 3.8) is 0 Å². The zero-order valence-electron chi connectivity index (χ0n) is 15.1. The first-order chi connectivity index (χ1) is 12.8. The third-order valence-electron chi connectivity index (χ3n) is 5.15. The van der Waals surface area contributed by atoms with Crippen LogP contribution in [0.3, 0.4) is 0 Å². The van der Waals surface area contributed by atoms with Crippen molar-refractivity contribution in [2.24, 2.45) is 0 Å². The predicted molar refractivity (Wildman–Crippen MR) is 102 cm³/mol. The van der Waals surface area contributed by atoms with E-state index in [1.807, 2.05) is 12.4 Å². The van der Waals surface area contributed by atoms with Crippen molar-refractivity contribution in [3.8, 4) is 0 Å². The van der Waals surface area contributed by atoms with Crippen molar-refractivity contribution >= 4 is 17.6 Å². The van der Waals surface area contributed by atoms with Crippen LogP contribution >= 0.6 is 0 Å². The van der Waals surface area contributed by atoms with E-state index in [1.54, 1.807) is 6.33 Å². The molecule has 4 heterocycles. The molecular weight excluding hydrogens is 328 g/mol. The van der Waals surface area contributed by atoms with Gasteiger partial charge >= 0.3 is 0 Å². The minimum atomic E-state index is 0.326. The summed E-state index contributed by atoms with van der Waals surface area (Å²) in [5.74, 6) is 2.43. The topological polar surface area (TPSA) is 87.3 Å². The second-order valence-corrected chi connectivity index (χ2v) is 6.99. The Kier molecular flexibility index (Phi) is 5.10. The van der Waals surface area contributed by atoms with Crippen LogP contribution in [0.5, 0.6) is 0 Å². The minimum absolute atomic E-state index is 0.326. The molecule has 0 unspecified atom stereocenters. The summed E-state index contributed by atoms with van der Waals surface area (Å²) >= 11 is 0. The van der Waals surface area contributed by atoms with Gasteiger partial charge in [-0.25, -0.2) is 19.9 Å². The van der Waals surface area contributed by atoms with Crippen LogP contribution in [0, 0.1) is 0 Å². The van der Waals surface area contributed by atoms with Gasteiger partial charge in [-0.05, 0) is 19.3 Å². The van der Waals surface area contributed by atoms with Crippen molar-refractivity contribution in [2.45, 2.75) is 25.8 Å². The van der Waals surface area contributed by atoms with Crippen LogP contribution in [0.25, 0.3) is 0 Å². The number of anilines is 3. The summed E-state index contributed by atoms with van der Waals surface area (Å²) in [5.41, 5.74) is 6.65. The van der Waals surface area contributed by atoms with Gasteiger partial charge in [0.15, 0.2) is 0 Å². The molecule has 2 aliphatic heterocycles. The zero-order chi connectivity index (χ0) is 17.8. The van der Waals surface area contributed by atoms with E-state index in [1.165, 1.54) is 19.3 Å². The van der Waals surface area contributed by atoms with E-state index < -0.39 is 0 Å². The standard InChI is InChI=1S/C18H26N8/c19-18-20-11-15(12-21-18)13-24-6-8-26(9-7-24)17-10-16(22-14-23-17)25-4-2-1-3-5-25/h10-12,14H,1-9,13H2,(H2,19,20,21). The van der Waals surface area contributed by atoms with Gasteiger partial charge in [-0.1, -0.05) is 0 Å². The summed E-state index contributed by atoms with van der Waals surface area (Å²) in [4.78, 5) is 24.3. The lowest BCUT2D eigenvalue weighted by molar-refractivity contribution is 0.249. The van der Waals surface area contributed by atoms with Gasteiger partial charge in [0.05, 0.1) is 0 Å². The average Bonchev–Trinajstić information content (AvgIpc) is 2.71. The fourth-order valence-electron chi connectivity index (χ4n) is 3.65. The fourth-order valence-corrected chi connectivity index (χ4v) is 3.65. The molecule has 138 valence electrons. The minimum Gasteiger partial charge on any atom is -0.368 e. The highest BCUT2D eigenvalue weighted by Gasteiger charge is 2.20. The van der Waals surface area contributed by atoms with Crippen LogP contribution < -0.4 is 15.5 Å². The lowest BCUT2D eigenvalue weighted by Gasteiger charge is -2.35. The Balaban J connectivity index is 1.35. The number of rotatable bonds is 4. The third-order valence-corrected chi connectivity index (χ3v) is 5.15. The molecule has 2 aromatic rings. The van der Waals surface area contributed by atoms with Crippen LogP contribution in [-0.2, 0) is 6.54 Å². The Hall–Kier alpha value is -2.48. The molecule has 4 rings (SSSR count). The quantitative estimate of drug-likeness (QED) is 0.875. The van der Waals surface area contributed by atoms with Crippen LogP contribution in [0.4, 0.5) is 17.6 Å². The van der Waals surface area contributed by atoms with E-state index in [-0.39, 0.29) is 0 Å². The Bertz CT molecular complexity index is 705. The van der Waals surface area contributed by atoms with Crippen molar-refractivity contribution in [1.29, 1.82) is 0 Å². The van der Waals surface area contributed by atoms with Gasteiger partial charge in [-0.15, -0.1) is 0 Å². The molecule has 0 amide bonds. The molecule has 2 fully saturated rings. The Morgan fingerprint density at radius 3 is 2.04 bits per heavy atom. The molecule has 2 aromatic heterocycles. The molecule has 0 bridgehead atoms. The number of nitrogens with zero attached hydrogens (tertiary/aromatic N) is 7. The SMILES string of the molecule is Nc1ncc(CN2CCN(c3cc(N4CCCCC4)ncn3)CC2)cn1. The molecular formula is C18H26N8. The highest BCUT2D eigenvalue weighted by atomic mass is 15.3. The third kappa shape index (κ3) is 4.01. The maximum Gasteiger partial charge on any atom is 0.219 e. The van der Waals surface area contributed by atoms with E-state index in [2.05, 4.69) is 40.7 Å². The van der Waals surface area contributed by atoms with Gasteiger partial charge in [0.2, 0.25) is 5.95 Å². The number of hydrogen-bond acceptors (Lipinski definition) is 8. The fraction of sp³-hybridized carbons (Fsp3) is 0.556. The normalized spacial score (nSPS) is 18.9. The van der Waals surface area contributed by atoms with Crippen molar-refractivity contribution < 1.29 is 0 Å². The van der Waals surface area contributed by atoms with Crippen LogP contribution in [0.2, 0.25) is 0 Å². The Morgan fingerprint density at radius 1 is 0.769 bits per heavy atom. The molecule has 0 radical (unpaired) electrons. The van der Waals surface area contributed by atoms with Crippen molar-refractivity contribution in [3.05, 3.63) is 30.4 Å². The Labute approximate surface area is 154 Å². The first-order valence-electron chi connectivity index (χ1n) is 9.38. The lowest BCUT2D eigenvalue weighted by atomic mass is 10.1. The number of nitrogens with two attached hydrogens (primary N) is 1. The maximum atomic E-state index is 5.55.